The fraction of sp³-hybridized carbons (Fsp3) is 0.107. The van der Waals surface area contributed by atoms with Gasteiger partial charge in [0.2, 0.25) is 5.91 Å². The molecule has 0 aliphatic carbocycles. The van der Waals surface area contributed by atoms with Gasteiger partial charge in [-0.1, -0.05) is 48.0 Å². The van der Waals surface area contributed by atoms with Crippen LogP contribution >= 0.6 is 11.6 Å². The molecule has 0 saturated heterocycles. The molecule has 0 fully saturated rings. The number of hydrogen-bond donors (Lipinski definition) is 3. The van der Waals surface area contributed by atoms with Crippen molar-refractivity contribution < 1.29 is 14.3 Å². The molecule has 2 amide bonds. The molecule has 0 bridgehead atoms. The first-order chi connectivity index (χ1) is 17.5. The number of methoxy groups -OCH3 is 1. The summed E-state index contributed by atoms with van der Waals surface area (Å²) in [4.78, 5) is 33.3. The zero-order valence-corrected chi connectivity index (χ0v) is 20.4. The van der Waals surface area contributed by atoms with Crippen LogP contribution in [-0.2, 0) is 16.0 Å². The Morgan fingerprint density at radius 2 is 1.72 bits per heavy atom. The molecule has 0 saturated carbocycles. The molecule has 0 atom stereocenters. The van der Waals surface area contributed by atoms with E-state index >= 15 is 0 Å². The van der Waals surface area contributed by atoms with Gasteiger partial charge in [-0.05, 0) is 59.7 Å². The molecule has 3 aromatic carbocycles. The quantitative estimate of drug-likeness (QED) is 0.289. The highest BCUT2D eigenvalue weighted by Crippen LogP contribution is 2.14. The van der Waals surface area contributed by atoms with E-state index in [1.807, 2.05) is 36.4 Å². The molecule has 36 heavy (non-hydrogen) atoms. The number of halogens is 1. The number of carbonyl (C=O) groups is 2. The third kappa shape index (κ3) is 6.84. The Kier molecular flexibility index (Phi) is 8.16. The molecular formula is C28H25ClN4O3. The summed E-state index contributed by atoms with van der Waals surface area (Å²) in [6, 6.07) is 22.0. The Morgan fingerprint density at radius 1 is 1.00 bits per heavy atom. The molecule has 3 N–H and O–H groups in total. The van der Waals surface area contributed by atoms with Crippen molar-refractivity contribution in [2.45, 2.75) is 6.42 Å². The Labute approximate surface area is 213 Å². The third-order valence-corrected chi connectivity index (χ3v) is 5.56. The van der Waals surface area contributed by atoms with Gasteiger partial charge in [0.1, 0.15) is 17.3 Å². The van der Waals surface area contributed by atoms with Gasteiger partial charge in [0.15, 0.2) is 0 Å². The Hall–Kier alpha value is -4.36. The van der Waals surface area contributed by atoms with E-state index in [4.69, 9.17) is 16.3 Å². The van der Waals surface area contributed by atoms with Crippen LogP contribution in [0.5, 0.6) is 5.75 Å². The smallest absolute Gasteiger partial charge is 0.267 e. The van der Waals surface area contributed by atoms with Crippen LogP contribution in [0.3, 0.4) is 0 Å². The van der Waals surface area contributed by atoms with Gasteiger partial charge in [0, 0.05) is 24.1 Å². The number of nitrogens with one attached hydrogen (secondary N) is 3. The van der Waals surface area contributed by atoms with Gasteiger partial charge >= 0.3 is 0 Å². The fourth-order valence-corrected chi connectivity index (χ4v) is 3.59. The summed E-state index contributed by atoms with van der Waals surface area (Å²) < 4.78 is 5.14. The van der Waals surface area contributed by atoms with E-state index in [1.165, 1.54) is 6.08 Å². The molecule has 1 heterocycles. The largest absolute Gasteiger partial charge is 0.497 e. The van der Waals surface area contributed by atoms with Gasteiger partial charge in [-0.15, -0.1) is 0 Å². The maximum atomic E-state index is 13.0. The van der Waals surface area contributed by atoms with E-state index in [9.17, 15) is 9.59 Å². The average Bonchev–Trinajstić information content (AvgIpc) is 3.31. The normalized spacial score (nSPS) is 11.6. The summed E-state index contributed by atoms with van der Waals surface area (Å²) in [6.45, 7) is 0.341. The monoisotopic (exact) mass is 500 g/mol. The lowest BCUT2D eigenvalue weighted by Gasteiger charge is -2.10. The van der Waals surface area contributed by atoms with E-state index in [0.717, 1.165) is 33.7 Å². The minimum Gasteiger partial charge on any atom is -0.497 e. The Morgan fingerprint density at radius 3 is 2.44 bits per heavy atom. The summed E-state index contributed by atoms with van der Waals surface area (Å²) in [7, 11) is 1.59. The minimum absolute atomic E-state index is 0.117. The maximum absolute atomic E-state index is 13.0. The molecule has 0 aliphatic rings. The molecule has 4 rings (SSSR count). The van der Waals surface area contributed by atoms with Crippen LogP contribution in [0.25, 0.3) is 23.2 Å². The minimum atomic E-state index is -0.432. The summed E-state index contributed by atoms with van der Waals surface area (Å²) in [5.74, 6) is 0.654. The lowest BCUT2D eigenvalue weighted by molar-refractivity contribution is -0.121. The van der Waals surface area contributed by atoms with Crippen LogP contribution in [-0.4, -0.2) is 35.4 Å². The van der Waals surface area contributed by atoms with Crippen molar-refractivity contribution in [1.82, 2.24) is 20.6 Å². The molecule has 8 heteroatoms. The maximum Gasteiger partial charge on any atom is 0.267 e. The number of carbonyl (C=O) groups excluding carboxylic acids is 2. The number of H-pyrrole nitrogens is 1. The third-order valence-electron chi connectivity index (χ3n) is 5.31. The van der Waals surface area contributed by atoms with E-state index in [1.54, 1.807) is 55.7 Å². The summed E-state index contributed by atoms with van der Waals surface area (Å²) in [6.07, 6.45) is 5.15. The van der Waals surface area contributed by atoms with Gasteiger partial charge in [-0.2, -0.15) is 0 Å². The number of hydrogen-bond acceptors (Lipinski definition) is 4. The first-order valence-electron chi connectivity index (χ1n) is 11.3. The van der Waals surface area contributed by atoms with Gasteiger partial charge in [-0.25, -0.2) is 4.98 Å². The highest BCUT2D eigenvalue weighted by Gasteiger charge is 2.12. The van der Waals surface area contributed by atoms with Gasteiger partial charge in [-0.3, -0.25) is 9.59 Å². The second-order valence-electron chi connectivity index (χ2n) is 7.91. The second kappa shape index (κ2) is 11.9. The second-order valence-corrected chi connectivity index (χ2v) is 8.35. The predicted molar refractivity (Wildman–Crippen MR) is 142 cm³/mol. The van der Waals surface area contributed by atoms with Gasteiger partial charge in [0.25, 0.3) is 5.91 Å². The van der Waals surface area contributed by atoms with Crippen molar-refractivity contribution in [2.75, 3.05) is 13.7 Å². The number of fused-ring (bicyclic) bond motifs is 1. The Bertz CT molecular complexity index is 1370. The highest BCUT2D eigenvalue weighted by atomic mass is 35.5. The van der Waals surface area contributed by atoms with Crippen molar-refractivity contribution in [2.24, 2.45) is 0 Å². The zero-order chi connectivity index (χ0) is 25.3. The van der Waals surface area contributed by atoms with Crippen LogP contribution in [0.4, 0.5) is 0 Å². The van der Waals surface area contributed by atoms with Crippen molar-refractivity contribution >= 4 is 46.6 Å². The molecule has 0 spiro atoms. The predicted octanol–water partition coefficient (Wildman–Crippen LogP) is 4.75. The number of benzene rings is 3. The number of ether oxygens (including phenoxy) is 1. The summed E-state index contributed by atoms with van der Waals surface area (Å²) in [5, 5.41) is 6.12. The topological polar surface area (TPSA) is 96.1 Å². The molecule has 0 radical (unpaired) electrons. The highest BCUT2D eigenvalue weighted by molar-refractivity contribution is 6.30. The van der Waals surface area contributed by atoms with Crippen LogP contribution in [0.15, 0.2) is 84.6 Å². The molecule has 4 aromatic rings. The summed E-state index contributed by atoms with van der Waals surface area (Å²) in [5.41, 5.74) is 3.48. The van der Waals surface area contributed by atoms with Crippen LogP contribution in [0, 0.1) is 0 Å². The number of rotatable bonds is 9. The number of para-hydroxylation sites is 2. The zero-order valence-electron chi connectivity index (χ0n) is 19.6. The lowest BCUT2D eigenvalue weighted by Crippen LogP contribution is -2.35. The van der Waals surface area contributed by atoms with E-state index < -0.39 is 11.8 Å². The van der Waals surface area contributed by atoms with Crippen molar-refractivity contribution in [3.05, 3.63) is 107 Å². The first kappa shape index (κ1) is 24.8. The fourth-order valence-electron chi connectivity index (χ4n) is 3.46. The van der Waals surface area contributed by atoms with Gasteiger partial charge in [0.05, 0.1) is 18.1 Å². The van der Waals surface area contributed by atoms with Crippen molar-refractivity contribution in [3.8, 4) is 5.75 Å². The standard InChI is InChI=1S/C28H25ClN4O3/c1-36-22-13-8-19(9-14-22)10-15-27(34)33-25(18-20-6-11-21(29)12-7-20)28(35)30-17-16-26-31-23-4-2-3-5-24(23)32-26/h2-15,18H,16-17H2,1H3,(H,30,35)(H,31,32)(H,33,34)/b15-10+,25-18-. The van der Waals surface area contributed by atoms with Crippen molar-refractivity contribution in [1.29, 1.82) is 0 Å². The molecule has 7 nitrogen and oxygen atoms in total. The molecule has 0 unspecified atom stereocenters. The number of amides is 2. The number of nitrogens with zero attached hydrogens (tertiary/aromatic N) is 1. The summed E-state index contributed by atoms with van der Waals surface area (Å²) >= 11 is 5.97. The van der Waals surface area contributed by atoms with Crippen molar-refractivity contribution in [3.63, 3.8) is 0 Å². The number of aromatic amines is 1. The van der Waals surface area contributed by atoms with Crippen LogP contribution in [0.2, 0.25) is 5.02 Å². The van der Waals surface area contributed by atoms with Crippen LogP contribution < -0.4 is 15.4 Å². The average molecular weight is 501 g/mol. The van der Waals surface area contributed by atoms with E-state index in [2.05, 4.69) is 20.6 Å². The molecule has 182 valence electrons. The SMILES string of the molecule is COc1ccc(/C=C/C(=O)N/C(=C\c2ccc(Cl)cc2)C(=O)NCCc2nc3ccccc3[nH]2)cc1. The molecule has 0 aliphatic heterocycles. The molecule has 1 aromatic heterocycles. The van der Waals surface area contributed by atoms with Gasteiger partial charge < -0.3 is 20.4 Å². The molecular weight excluding hydrogens is 476 g/mol. The lowest BCUT2D eigenvalue weighted by atomic mass is 10.1. The van der Waals surface area contributed by atoms with E-state index in [0.29, 0.717) is 18.0 Å². The first-order valence-corrected chi connectivity index (χ1v) is 11.7. The van der Waals surface area contributed by atoms with E-state index in [-0.39, 0.29) is 5.70 Å². The number of aromatic nitrogens is 2. The Balaban J connectivity index is 1.43. The van der Waals surface area contributed by atoms with Crippen LogP contribution in [0.1, 0.15) is 17.0 Å². The number of imidazole rings is 1.